The third-order valence-electron chi connectivity index (χ3n) is 3.35. The van der Waals surface area contributed by atoms with Crippen LogP contribution >= 0.6 is 22.7 Å². The van der Waals surface area contributed by atoms with Gasteiger partial charge in [-0.15, -0.1) is 22.7 Å². The van der Waals surface area contributed by atoms with Gasteiger partial charge in [-0.05, 0) is 38.5 Å². The maximum absolute atomic E-state index is 12.2. The van der Waals surface area contributed by atoms with Crippen LogP contribution in [0.5, 0.6) is 0 Å². The molecule has 1 N–H and O–H groups in total. The number of carbonyl (C=O) groups is 1. The predicted octanol–water partition coefficient (Wildman–Crippen LogP) is 5.05. The van der Waals surface area contributed by atoms with E-state index in [9.17, 15) is 4.79 Å². The first-order chi connectivity index (χ1) is 10.5. The van der Waals surface area contributed by atoms with Gasteiger partial charge >= 0.3 is 0 Å². The molecular weight excluding hydrogens is 312 g/mol. The molecule has 5 heteroatoms. The molecule has 0 atom stereocenters. The monoisotopic (exact) mass is 328 g/mol. The third-order valence-corrected chi connectivity index (χ3v) is 5.10. The Morgan fingerprint density at radius 2 is 1.95 bits per heavy atom. The Kier molecular flexibility index (Phi) is 4.09. The number of anilines is 1. The van der Waals surface area contributed by atoms with Gasteiger partial charge in [-0.25, -0.2) is 4.98 Å². The molecule has 22 heavy (non-hydrogen) atoms. The zero-order chi connectivity index (χ0) is 15.7. The van der Waals surface area contributed by atoms with Crippen LogP contribution in [-0.2, 0) is 0 Å². The summed E-state index contributed by atoms with van der Waals surface area (Å²) in [5.41, 5.74) is 4.43. The maximum atomic E-state index is 12.2. The molecule has 112 valence electrons. The van der Waals surface area contributed by atoms with Crippen molar-refractivity contribution in [3.8, 4) is 11.3 Å². The van der Waals surface area contributed by atoms with E-state index in [4.69, 9.17) is 0 Å². The van der Waals surface area contributed by atoms with Crippen molar-refractivity contribution in [1.82, 2.24) is 4.98 Å². The van der Waals surface area contributed by atoms with Crippen LogP contribution in [0.2, 0.25) is 0 Å². The molecule has 2 aromatic heterocycles. The van der Waals surface area contributed by atoms with E-state index in [2.05, 4.69) is 42.3 Å². The van der Waals surface area contributed by atoms with Crippen LogP contribution in [-0.4, -0.2) is 10.9 Å². The fraction of sp³-hybridized carbons (Fsp3) is 0.176. The molecule has 0 saturated heterocycles. The number of thiazole rings is 1. The quantitative estimate of drug-likeness (QED) is 0.731. The van der Waals surface area contributed by atoms with E-state index in [1.54, 1.807) is 0 Å². The van der Waals surface area contributed by atoms with E-state index in [0.29, 0.717) is 10.0 Å². The summed E-state index contributed by atoms with van der Waals surface area (Å²) in [5, 5.41) is 5.48. The number of benzene rings is 1. The molecule has 3 aromatic rings. The molecule has 1 amide bonds. The number of aromatic nitrogens is 1. The van der Waals surface area contributed by atoms with E-state index in [-0.39, 0.29) is 5.91 Å². The maximum Gasteiger partial charge on any atom is 0.267 e. The van der Waals surface area contributed by atoms with Crippen LogP contribution in [0.4, 0.5) is 5.13 Å². The van der Waals surface area contributed by atoms with Crippen molar-refractivity contribution in [2.75, 3.05) is 5.32 Å². The van der Waals surface area contributed by atoms with Crippen molar-refractivity contribution >= 4 is 33.7 Å². The van der Waals surface area contributed by atoms with Crippen molar-refractivity contribution in [2.45, 2.75) is 20.8 Å². The standard InChI is InChI=1S/C17H16N2OS2/c1-10-4-6-13(11(2)8-10)14-9-21-17(18-14)19-16(20)15-7-5-12(3)22-15/h4-9H,1-3H3,(H,18,19,20). The number of carbonyl (C=O) groups excluding carboxylic acids is 1. The molecule has 0 aliphatic carbocycles. The Labute approximate surface area is 137 Å². The first-order valence-electron chi connectivity index (χ1n) is 6.94. The highest BCUT2D eigenvalue weighted by atomic mass is 32.1. The number of thiophene rings is 1. The number of hydrogen-bond donors (Lipinski definition) is 1. The Morgan fingerprint density at radius 1 is 1.14 bits per heavy atom. The predicted molar refractivity (Wildman–Crippen MR) is 94.0 cm³/mol. The van der Waals surface area contributed by atoms with Gasteiger partial charge in [0, 0.05) is 15.8 Å². The molecule has 0 spiro atoms. The van der Waals surface area contributed by atoms with Crippen LogP contribution in [0.15, 0.2) is 35.7 Å². The van der Waals surface area contributed by atoms with Gasteiger partial charge in [0.15, 0.2) is 5.13 Å². The second-order valence-electron chi connectivity index (χ2n) is 5.22. The molecule has 0 radical (unpaired) electrons. The first-order valence-corrected chi connectivity index (χ1v) is 8.63. The average Bonchev–Trinajstić information content (AvgIpc) is 3.08. The number of amides is 1. The number of hydrogen-bond acceptors (Lipinski definition) is 4. The Morgan fingerprint density at radius 3 is 2.64 bits per heavy atom. The average molecular weight is 328 g/mol. The summed E-state index contributed by atoms with van der Waals surface area (Å²) in [7, 11) is 0. The number of aryl methyl sites for hydroxylation is 3. The highest BCUT2D eigenvalue weighted by Crippen LogP contribution is 2.28. The van der Waals surface area contributed by atoms with E-state index in [0.717, 1.165) is 16.1 Å². The van der Waals surface area contributed by atoms with Gasteiger partial charge < -0.3 is 0 Å². The van der Waals surface area contributed by atoms with Crippen molar-refractivity contribution in [2.24, 2.45) is 0 Å². The first kappa shape index (κ1) is 14.9. The summed E-state index contributed by atoms with van der Waals surface area (Å²) in [6, 6.07) is 10.1. The summed E-state index contributed by atoms with van der Waals surface area (Å²) in [5.74, 6) is -0.0976. The van der Waals surface area contributed by atoms with E-state index in [1.807, 2.05) is 24.4 Å². The van der Waals surface area contributed by atoms with E-state index >= 15 is 0 Å². The smallest absolute Gasteiger partial charge is 0.267 e. The van der Waals surface area contributed by atoms with Crippen LogP contribution in [0, 0.1) is 20.8 Å². The molecule has 0 fully saturated rings. The molecule has 1 aromatic carbocycles. The molecule has 0 bridgehead atoms. The Bertz CT molecular complexity index is 833. The minimum atomic E-state index is -0.0976. The summed E-state index contributed by atoms with van der Waals surface area (Å²) in [6.07, 6.45) is 0. The minimum absolute atomic E-state index is 0.0976. The van der Waals surface area contributed by atoms with Crippen molar-refractivity contribution in [3.63, 3.8) is 0 Å². The topological polar surface area (TPSA) is 42.0 Å². The van der Waals surface area contributed by atoms with Crippen molar-refractivity contribution in [1.29, 1.82) is 0 Å². The van der Waals surface area contributed by atoms with Gasteiger partial charge in [-0.3, -0.25) is 10.1 Å². The van der Waals surface area contributed by atoms with Gasteiger partial charge in [0.25, 0.3) is 5.91 Å². The molecule has 0 aliphatic rings. The van der Waals surface area contributed by atoms with Crippen molar-refractivity contribution in [3.05, 3.63) is 56.6 Å². The lowest BCUT2D eigenvalue weighted by molar-refractivity contribution is 0.103. The summed E-state index contributed by atoms with van der Waals surface area (Å²) < 4.78 is 0. The van der Waals surface area contributed by atoms with Crippen LogP contribution in [0.3, 0.4) is 0 Å². The van der Waals surface area contributed by atoms with E-state index in [1.165, 1.54) is 33.8 Å². The molecule has 0 aliphatic heterocycles. The van der Waals surface area contributed by atoms with Crippen LogP contribution < -0.4 is 5.32 Å². The van der Waals surface area contributed by atoms with Gasteiger partial charge in [0.1, 0.15) is 0 Å². The summed E-state index contributed by atoms with van der Waals surface area (Å²) in [4.78, 5) is 18.5. The second-order valence-corrected chi connectivity index (χ2v) is 7.37. The van der Waals surface area contributed by atoms with Gasteiger partial charge in [-0.2, -0.15) is 0 Å². The zero-order valence-corrected chi connectivity index (χ0v) is 14.3. The normalized spacial score (nSPS) is 10.7. The van der Waals surface area contributed by atoms with Crippen LogP contribution in [0.25, 0.3) is 11.3 Å². The highest BCUT2D eigenvalue weighted by molar-refractivity contribution is 7.15. The summed E-state index contributed by atoms with van der Waals surface area (Å²) >= 11 is 2.94. The lowest BCUT2D eigenvalue weighted by Crippen LogP contribution is -2.09. The zero-order valence-electron chi connectivity index (χ0n) is 12.6. The lowest BCUT2D eigenvalue weighted by Gasteiger charge is -2.03. The SMILES string of the molecule is Cc1ccc(-c2csc(NC(=O)c3ccc(C)s3)n2)c(C)c1. The van der Waals surface area contributed by atoms with Gasteiger partial charge in [0.05, 0.1) is 10.6 Å². The van der Waals surface area contributed by atoms with Gasteiger partial charge in [-0.1, -0.05) is 23.8 Å². The summed E-state index contributed by atoms with van der Waals surface area (Å²) in [6.45, 7) is 6.14. The fourth-order valence-electron chi connectivity index (χ4n) is 2.27. The van der Waals surface area contributed by atoms with E-state index < -0.39 is 0 Å². The molecule has 0 saturated carbocycles. The third kappa shape index (κ3) is 3.10. The number of nitrogens with zero attached hydrogens (tertiary/aromatic N) is 1. The van der Waals surface area contributed by atoms with Gasteiger partial charge in [0.2, 0.25) is 0 Å². The highest BCUT2D eigenvalue weighted by Gasteiger charge is 2.12. The van der Waals surface area contributed by atoms with Crippen LogP contribution in [0.1, 0.15) is 25.7 Å². The molecule has 0 unspecified atom stereocenters. The number of rotatable bonds is 3. The fourth-order valence-corrected chi connectivity index (χ4v) is 3.74. The molecule has 3 nitrogen and oxygen atoms in total. The largest absolute Gasteiger partial charge is 0.297 e. The number of nitrogens with one attached hydrogen (secondary N) is 1. The Hall–Kier alpha value is -1.98. The second kappa shape index (κ2) is 6.02. The Balaban J connectivity index is 1.80. The molecule has 2 heterocycles. The molecular formula is C17H16N2OS2. The lowest BCUT2D eigenvalue weighted by atomic mass is 10.0. The van der Waals surface area contributed by atoms with Crippen molar-refractivity contribution < 1.29 is 4.79 Å². The molecule has 3 rings (SSSR count). The minimum Gasteiger partial charge on any atom is -0.297 e.